The van der Waals surface area contributed by atoms with Crippen molar-refractivity contribution in [3.8, 4) is 0 Å². The van der Waals surface area contributed by atoms with Crippen LogP contribution in [0.1, 0.15) is 40.0 Å². The highest BCUT2D eigenvalue weighted by Gasteiger charge is 2.57. The van der Waals surface area contributed by atoms with Crippen LogP contribution in [0.2, 0.25) is 0 Å². The Bertz CT molecular complexity index is 251. The second-order valence-corrected chi connectivity index (χ2v) is 6.12. The third kappa shape index (κ3) is 3.27. The van der Waals surface area contributed by atoms with Gasteiger partial charge in [-0.25, -0.2) is 0 Å². The molecule has 0 aromatic heterocycles. The predicted molar refractivity (Wildman–Crippen MR) is 68.9 cm³/mol. The zero-order valence-corrected chi connectivity index (χ0v) is 11.8. The van der Waals surface area contributed by atoms with Gasteiger partial charge in [0, 0.05) is 13.1 Å². The summed E-state index contributed by atoms with van der Waals surface area (Å²) in [6, 6.07) is 0. The first kappa shape index (κ1) is 14.1. The molecule has 0 aliphatic heterocycles. The molecule has 94 valence electrons. The van der Waals surface area contributed by atoms with Crippen molar-refractivity contribution in [2.75, 3.05) is 13.1 Å². The molecule has 1 amide bonds. The number of hydrogen-bond acceptors (Lipinski definition) is 1. The number of rotatable bonds is 6. The summed E-state index contributed by atoms with van der Waals surface area (Å²) in [6.07, 6.45) is 2.82. The zero-order valence-electron chi connectivity index (χ0n) is 10.3. The normalized spacial score (nSPS) is 22.2. The SMILES string of the molecule is CCC(CC)CN(CC)C(=O)C1CC1(Cl)Cl. The smallest absolute Gasteiger partial charge is 0.228 e. The van der Waals surface area contributed by atoms with Crippen molar-refractivity contribution >= 4 is 29.1 Å². The van der Waals surface area contributed by atoms with Gasteiger partial charge in [-0.2, -0.15) is 0 Å². The lowest BCUT2D eigenvalue weighted by Crippen LogP contribution is -2.37. The van der Waals surface area contributed by atoms with E-state index in [4.69, 9.17) is 23.2 Å². The molecule has 1 fully saturated rings. The molecule has 0 N–H and O–H groups in total. The first-order valence-electron chi connectivity index (χ1n) is 6.12. The van der Waals surface area contributed by atoms with E-state index in [1.807, 2.05) is 11.8 Å². The summed E-state index contributed by atoms with van der Waals surface area (Å²) in [4.78, 5) is 14.0. The Balaban J connectivity index is 2.51. The Morgan fingerprint density at radius 2 is 1.88 bits per heavy atom. The van der Waals surface area contributed by atoms with Gasteiger partial charge in [0.1, 0.15) is 4.33 Å². The number of carbonyl (C=O) groups is 1. The van der Waals surface area contributed by atoms with Crippen molar-refractivity contribution in [2.24, 2.45) is 11.8 Å². The fourth-order valence-electron chi connectivity index (χ4n) is 1.94. The first-order chi connectivity index (χ1) is 7.46. The van der Waals surface area contributed by atoms with Crippen LogP contribution >= 0.6 is 23.2 Å². The van der Waals surface area contributed by atoms with Crippen molar-refractivity contribution in [1.82, 2.24) is 4.90 Å². The minimum absolute atomic E-state index is 0.124. The van der Waals surface area contributed by atoms with E-state index in [1.165, 1.54) is 0 Å². The molecule has 1 atom stereocenters. The molecule has 1 rings (SSSR count). The molecule has 0 aromatic rings. The number of alkyl halides is 2. The van der Waals surface area contributed by atoms with E-state index in [2.05, 4.69) is 13.8 Å². The molecule has 1 unspecified atom stereocenters. The lowest BCUT2D eigenvalue weighted by atomic mass is 10.0. The van der Waals surface area contributed by atoms with Crippen LogP contribution in [0.25, 0.3) is 0 Å². The van der Waals surface area contributed by atoms with Gasteiger partial charge in [-0.3, -0.25) is 4.79 Å². The minimum atomic E-state index is -0.793. The number of nitrogens with zero attached hydrogens (tertiary/aromatic N) is 1. The Kier molecular flexibility index (Phi) is 4.93. The van der Waals surface area contributed by atoms with E-state index in [9.17, 15) is 4.79 Å². The summed E-state index contributed by atoms with van der Waals surface area (Å²) < 4.78 is -0.793. The molecule has 0 heterocycles. The highest BCUT2D eigenvalue weighted by atomic mass is 35.5. The molecule has 0 saturated heterocycles. The number of hydrogen-bond donors (Lipinski definition) is 0. The molecule has 16 heavy (non-hydrogen) atoms. The number of carbonyl (C=O) groups excluding carboxylic acids is 1. The molecule has 0 radical (unpaired) electrons. The summed E-state index contributed by atoms with van der Waals surface area (Å²) in [6.45, 7) is 7.92. The van der Waals surface area contributed by atoms with Gasteiger partial charge in [0.25, 0.3) is 0 Å². The Morgan fingerprint density at radius 1 is 1.38 bits per heavy atom. The number of halogens is 2. The van der Waals surface area contributed by atoms with Crippen LogP contribution in [0.5, 0.6) is 0 Å². The van der Waals surface area contributed by atoms with E-state index in [0.29, 0.717) is 12.3 Å². The van der Waals surface area contributed by atoms with Gasteiger partial charge in [-0.05, 0) is 19.3 Å². The molecule has 0 bridgehead atoms. The summed E-state index contributed by atoms with van der Waals surface area (Å²) in [7, 11) is 0. The largest absolute Gasteiger partial charge is 0.342 e. The van der Waals surface area contributed by atoms with Gasteiger partial charge >= 0.3 is 0 Å². The van der Waals surface area contributed by atoms with Crippen LogP contribution < -0.4 is 0 Å². The lowest BCUT2D eigenvalue weighted by Gasteiger charge is -2.25. The van der Waals surface area contributed by atoms with Gasteiger partial charge in [-0.1, -0.05) is 26.7 Å². The van der Waals surface area contributed by atoms with Gasteiger partial charge in [0.2, 0.25) is 5.91 Å². The second-order valence-electron chi connectivity index (χ2n) is 4.58. The second kappa shape index (κ2) is 5.59. The van der Waals surface area contributed by atoms with Crippen LogP contribution in [0.4, 0.5) is 0 Å². The van der Waals surface area contributed by atoms with Crippen LogP contribution in [0.3, 0.4) is 0 Å². The van der Waals surface area contributed by atoms with Crippen molar-refractivity contribution < 1.29 is 4.79 Å². The Morgan fingerprint density at radius 3 is 2.19 bits per heavy atom. The van der Waals surface area contributed by atoms with Crippen LogP contribution in [0.15, 0.2) is 0 Å². The maximum atomic E-state index is 12.1. The van der Waals surface area contributed by atoms with Crippen molar-refractivity contribution in [3.05, 3.63) is 0 Å². The van der Waals surface area contributed by atoms with Crippen LogP contribution in [-0.4, -0.2) is 28.2 Å². The molecule has 1 saturated carbocycles. The standard InChI is InChI=1S/C12H21Cl2NO/c1-4-9(5-2)8-15(6-3)11(16)10-7-12(10,13)14/h9-10H,4-8H2,1-3H3. The highest BCUT2D eigenvalue weighted by molar-refractivity contribution is 6.52. The predicted octanol–water partition coefficient (Wildman–Crippen LogP) is 3.46. The van der Waals surface area contributed by atoms with Crippen molar-refractivity contribution in [1.29, 1.82) is 0 Å². The molecule has 2 nitrogen and oxygen atoms in total. The Hall–Kier alpha value is 0.0500. The van der Waals surface area contributed by atoms with Gasteiger partial charge in [0.05, 0.1) is 5.92 Å². The molecule has 0 spiro atoms. The fourth-order valence-corrected chi connectivity index (χ4v) is 2.43. The molecule has 1 aliphatic rings. The molecular formula is C12H21Cl2NO. The van der Waals surface area contributed by atoms with E-state index in [-0.39, 0.29) is 11.8 Å². The molecule has 1 aliphatic carbocycles. The van der Waals surface area contributed by atoms with Gasteiger partial charge in [-0.15, -0.1) is 23.2 Å². The average Bonchev–Trinajstić information content (AvgIpc) is 2.89. The van der Waals surface area contributed by atoms with E-state index < -0.39 is 4.33 Å². The summed E-state index contributed by atoms with van der Waals surface area (Å²) in [5.74, 6) is 0.534. The Labute approximate surface area is 108 Å². The van der Waals surface area contributed by atoms with E-state index >= 15 is 0 Å². The summed E-state index contributed by atoms with van der Waals surface area (Å²) >= 11 is 11.9. The lowest BCUT2D eigenvalue weighted by molar-refractivity contribution is -0.133. The molecular weight excluding hydrogens is 245 g/mol. The summed E-state index contributed by atoms with van der Waals surface area (Å²) in [5, 5.41) is 0. The fraction of sp³-hybridized carbons (Fsp3) is 0.917. The number of amides is 1. The average molecular weight is 266 g/mol. The third-order valence-corrected chi connectivity index (χ3v) is 4.29. The molecule has 0 aromatic carbocycles. The molecule has 4 heteroatoms. The van der Waals surface area contributed by atoms with Gasteiger partial charge < -0.3 is 4.90 Å². The monoisotopic (exact) mass is 265 g/mol. The zero-order chi connectivity index (χ0) is 12.3. The third-order valence-electron chi connectivity index (χ3n) is 3.45. The van der Waals surface area contributed by atoms with Crippen LogP contribution in [-0.2, 0) is 4.79 Å². The quantitative estimate of drug-likeness (QED) is 0.674. The van der Waals surface area contributed by atoms with Crippen molar-refractivity contribution in [2.45, 2.75) is 44.4 Å². The van der Waals surface area contributed by atoms with Gasteiger partial charge in [0.15, 0.2) is 0 Å². The minimum Gasteiger partial charge on any atom is -0.342 e. The highest BCUT2D eigenvalue weighted by Crippen LogP contribution is 2.53. The van der Waals surface area contributed by atoms with Crippen molar-refractivity contribution in [3.63, 3.8) is 0 Å². The topological polar surface area (TPSA) is 20.3 Å². The van der Waals surface area contributed by atoms with E-state index in [0.717, 1.165) is 25.9 Å². The maximum absolute atomic E-state index is 12.1. The summed E-state index contributed by atoms with van der Waals surface area (Å²) in [5.41, 5.74) is 0. The maximum Gasteiger partial charge on any atom is 0.228 e. The van der Waals surface area contributed by atoms with E-state index in [1.54, 1.807) is 0 Å². The van der Waals surface area contributed by atoms with Crippen LogP contribution in [0, 0.1) is 11.8 Å². The first-order valence-corrected chi connectivity index (χ1v) is 6.88.